The SMILES string of the molecule is N=c1ncn(Cc2cn([C@H](c3ccccc3)[C@H](c3ccccc3)N3CCN(C(=O)NCc4ccccc4)CC3)nn2)c2nc[nH]c12. The minimum Gasteiger partial charge on any atom is -0.340 e. The average molecular weight is 614 g/mol. The number of hydrogen-bond donors (Lipinski definition) is 3. The number of benzene rings is 3. The molecule has 0 radical (unpaired) electrons. The number of carbonyl (C=O) groups excluding carboxylic acids is 1. The Labute approximate surface area is 265 Å². The number of hydrogen-bond acceptors (Lipinski definition) is 7. The van der Waals surface area contributed by atoms with Gasteiger partial charge in [0.25, 0.3) is 0 Å². The van der Waals surface area contributed by atoms with E-state index in [1.54, 1.807) is 12.7 Å². The Morgan fingerprint density at radius 1 is 0.848 bits per heavy atom. The number of amides is 2. The van der Waals surface area contributed by atoms with Crippen molar-refractivity contribution < 1.29 is 4.79 Å². The van der Waals surface area contributed by atoms with Crippen LogP contribution in [-0.4, -0.2) is 76.5 Å². The van der Waals surface area contributed by atoms with Crippen LogP contribution >= 0.6 is 0 Å². The summed E-state index contributed by atoms with van der Waals surface area (Å²) in [5.74, 6) is 0. The maximum atomic E-state index is 13.1. The van der Waals surface area contributed by atoms with Gasteiger partial charge in [0.1, 0.15) is 11.2 Å². The summed E-state index contributed by atoms with van der Waals surface area (Å²) in [6, 6.07) is 30.6. The lowest BCUT2D eigenvalue weighted by Gasteiger charge is -2.42. The Morgan fingerprint density at radius 2 is 1.50 bits per heavy atom. The van der Waals surface area contributed by atoms with E-state index in [0.717, 1.165) is 16.8 Å². The molecule has 7 rings (SSSR count). The van der Waals surface area contributed by atoms with E-state index in [4.69, 9.17) is 5.41 Å². The molecule has 3 aromatic carbocycles. The molecule has 2 atom stereocenters. The van der Waals surface area contributed by atoms with Crippen molar-refractivity contribution >= 4 is 17.2 Å². The lowest BCUT2D eigenvalue weighted by Crippen LogP contribution is -2.53. The highest BCUT2D eigenvalue weighted by molar-refractivity contribution is 5.74. The molecule has 46 heavy (non-hydrogen) atoms. The second-order valence-corrected chi connectivity index (χ2v) is 11.4. The number of aromatic nitrogens is 7. The fourth-order valence-electron chi connectivity index (χ4n) is 6.20. The molecular formula is C34H35N11O. The van der Waals surface area contributed by atoms with Crippen LogP contribution in [0, 0.1) is 5.41 Å². The van der Waals surface area contributed by atoms with Gasteiger partial charge in [-0.25, -0.2) is 19.4 Å². The van der Waals surface area contributed by atoms with E-state index in [-0.39, 0.29) is 23.6 Å². The van der Waals surface area contributed by atoms with Gasteiger partial charge < -0.3 is 19.8 Å². The highest BCUT2D eigenvalue weighted by atomic mass is 16.2. The molecule has 3 N–H and O–H groups in total. The summed E-state index contributed by atoms with van der Waals surface area (Å²) in [5, 5.41) is 20.4. The highest BCUT2D eigenvalue weighted by Gasteiger charge is 2.35. The second-order valence-electron chi connectivity index (χ2n) is 11.4. The topological polar surface area (TPSA) is 137 Å². The molecule has 4 heterocycles. The van der Waals surface area contributed by atoms with Gasteiger partial charge in [0.05, 0.1) is 37.5 Å². The van der Waals surface area contributed by atoms with Crippen molar-refractivity contribution in [3.8, 4) is 0 Å². The van der Waals surface area contributed by atoms with Crippen LogP contribution in [0.2, 0.25) is 0 Å². The molecule has 0 spiro atoms. The number of rotatable bonds is 9. The molecule has 2 amide bonds. The van der Waals surface area contributed by atoms with E-state index < -0.39 is 0 Å². The Hall–Kier alpha value is -5.62. The monoisotopic (exact) mass is 613 g/mol. The number of urea groups is 1. The van der Waals surface area contributed by atoms with Crippen molar-refractivity contribution in [2.75, 3.05) is 26.2 Å². The molecule has 1 saturated heterocycles. The Bertz CT molecular complexity index is 1950. The highest BCUT2D eigenvalue weighted by Crippen LogP contribution is 2.37. The maximum Gasteiger partial charge on any atom is 0.317 e. The third-order valence-corrected chi connectivity index (χ3v) is 8.49. The number of aromatic amines is 1. The Kier molecular flexibility index (Phi) is 8.33. The van der Waals surface area contributed by atoms with E-state index in [0.29, 0.717) is 50.4 Å². The van der Waals surface area contributed by atoms with Gasteiger partial charge in [0.2, 0.25) is 0 Å². The summed E-state index contributed by atoms with van der Waals surface area (Å²) < 4.78 is 3.82. The average Bonchev–Trinajstić information content (AvgIpc) is 3.80. The van der Waals surface area contributed by atoms with Crippen LogP contribution in [-0.2, 0) is 13.1 Å². The van der Waals surface area contributed by atoms with Crippen molar-refractivity contribution in [1.29, 1.82) is 5.41 Å². The molecule has 6 aromatic rings. The molecule has 3 aromatic heterocycles. The quantitative estimate of drug-likeness (QED) is 0.227. The van der Waals surface area contributed by atoms with E-state index >= 15 is 0 Å². The van der Waals surface area contributed by atoms with Gasteiger partial charge in [0, 0.05) is 32.7 Å². The molecule has 12 heteroatoms. The van der Waals surface area contributed by atoms with Crippen molar-refractivity contribution in [2.45, 2.75) is 25.2 Å². The first-order valence-corrected chi connectivity index (χ1v) is 15.4. The molecule has 1 fully saturated rings. The molecule has 0 aliphatic carbocycles. The van der Waals surface area contributed by atoms with Gasteiger partial charge in [-0.15, -0.1) is 5.10 Å². The number of piperazine rings is 1. The molecular weight excluding hydrogens is 578 g/mol. The number of nitrogens with one attached hydrogen (secondary N) is 3. The molecule has 1 aliphatic heterocycles. The van der Waals surface area contributed by atoms with Gasteiger partial charge in [-0.2, -0.15) is 0 Å². The first-order valence-electron chi connectivity index (χ1n) is 15.4. The standard InChI is InChI=1S/C34H35N11O/c35-32-29-33(38-23-37-29)44(24-39-32)21-28-22-45(41-40-28)31(27-14-8-3-9-15-27)30(26-12-6-2-7-13-26)42-16-18-43(19-17-42)34(46)36-20-25-10-4-1-5-11-25/h1-15,22-24,30-31,35H,16-21H2,(H,36,46)(H,37,38)/t30-,31+/m0/s1. The third kappa shape index (κ3) is 6.15. The zero-order chi connectivity index (χ0) is 31.3. The van der Waals surface area contributed by atoms with Crippen LogP contribution in [0.1, 0.15) is 34.5 Å². The summed E-state index contributed by atoms with van der Waals surface area (Å²) in [4.78, 5) is 29.0. The first-order chi connectivity index (χ1) is 22.6. The summed E-state index contributed by atoms with van der Waals surface area (Å²) in [6.07, 6.45) is 5.17. The van der Waals surface area contributed by atoms with E-state index in [9.17, 15) is 4.79 Å². The van der Waals surface area contributed by atoms with Gasteiger partial charge in [-0.3, -0.25) is 10.3 Å². The Morgan fingerprint density at radius 3 is 2.20 bits per heavy atom. The van der Waals surface area contributed by atoms with Crippen LogP contribution in [0.15, 0.2) is 110 Å². The maximum absolute atomic E-state index is 13.1. The zero-order valence-electron chi connectivity index (χ0n) is 25.3. The lowest BCUT2D eigenvalue weighted by molar-refractivity contribution is 0.0873. The first kappa shape index (κ1) is 29.1. The van der Waals surface area contributed by atoms with Crippen LogP contribution < -0.4 is 10.8 Å². The number of carbonyl (C=O) groups is 1. The molecule has 232 valence electrons. The van der Waals surface area contributed by atoms with Crippen molar-refractivity contribution in [3.63, 3.8) is 0 Å². The molecule has 0 unspecified atom stereocenters. The van der Waals surface area contributed by atoms with Crippen molar-refractivity contribution in [2.24, 2.45) is 0 Å². The Balaban J connectivity index is 1.16. The van der Waals surface area contributed by atoms with E-state index in [1.165, 1.54) is 5.56 Å². The van der Waals surface area contributed by atoms with Gasteiger partial charge in [-0.1, -0.05) is 96.2 Å². The predicted molar refractivity (Wildman–Crippen MR) is 172 cm³/mol. The number of H-pyrrole nitrogens is 1. The van der Waals surface area contributed by atoms with Gasteiger partial charge in [0.15, 0.2) is 11.1 Å². The third-order valence-electron chi connectivity index (χ3n) is 8.49. The van der Waals surface area contributed by atoms with Crippen LogP contribution in [0.5, 0.6) is 0 Å². The number of imidazole rings is 1. The molecule has 0 bridgehead atoms. The normalized spacial score (nSPS) is 15.1. The summed E-state index contributed by atoms with van der Waals surface area (Å²) in [7, 11) is 0. The second kappa shape index (κ2) is 13.2. The summed E-state index contributed by atoms with van der Waals surface area (Å²) in [6.45, 7) is 3.56. The van der Waals surface area contributed by atoms with Crippen LogP contribution in [0.4, 0.5) is 4.79 Å². The fourth-order valence-corrected chi connectivity index (χ4v) is 6.20. The smallest absolute Gasteiger partial charge is 0.317 e. The summed E-state index contributed by atoms with van der Waals surface area (Å²) >= 11 is 0. The van der Waals surface area contributed by atoms with Gasteiger partial charge >= 0.3 is 6.03 Å². The largest absolute Gasteiger partial charge is 0.340 e. The molecule has 1 aliphatic rings. The minimum absolute atomic E-state index is 0.0447. The van der Waals surface area contributed by atoms with Crippen LogP contribution in [0.25, 0.3) is 11.2 Å². The molecule has 12 nitrogen and oxygen atoms in total. The van der Waals surface area contributed by atoms with Gasteiger partial charge in [-0.05, 0) is 16.7 Å². The number of fused-ring (bicyclic) bond motifs is 1. The fraction of sp³-hybridized carbons (Fsp3) is 0.235. The predicted octanol–water partition coefficient (Wildman–Crippen LogP) is 3.74. The number of nitrogens with zero attached hydrogens (tertiary/aromatic N) is 8. The molecule has 0 saturated carbocycles. The summed E-state index contributed by atoms with van der Waals surface area (Å²) in [5.41, 5.74) is 5.47. The van der Waals surface area contributed by atoms with Crippen molar-refractivity contribution in [1.82, 2.24) is 49.6 Å². The zero-order valence-corrected chi connectivity index (χ0v) is 25.3. The van der Waals surface area contributed by atoms with Crippen LogP contribution in [0.3, 0.4) is 0 Å². The van der Waals surface area contributed by atoms with E-state index in [2.05, 4.69) is 84.0 Å². The van der Waals surface area contributed by atoms with E-state index in [1.807, 2.05) is 62.8 Å². The lowest BCUT2D eigenvalue weighted by atomic mass is 9.91. The van der Waals surface area contributed by atoms with Crippen molar-refractivity contribution in [3.05, 3.63) is 138 Å². The minimum atomic E-state index is -0.188.